The van der Waals surface area contributed by atoms with Gasteiger partial charge < -0.3 is 5.32 Å². The maximum Gasteiger partial charge on any atom is 0.261 e. The third-order valence-corrected chi connectivity index (χ3v) is 4.87. The van der Waals surface area contributed by atoms with Gasteiger partial charge in [0.05, 0.1) is 16.1 Å². The maximum absolute atomic E-state index is 12.6. The molecule has 1 amide bonds. The van der Waals surface area contributed by atoms with Gasteiger partial charge in [0.15, 0.2) is 0 Å². The monoisotopic (exact) mass is 360 g/mol. The van der Waals surface area contributed by atoms with Gasteiger partial charge >= 0.3 is 0 Å². The van der Waals surface area contributed by atoms with Crippen molar-refractivity contribution >= 4 is 21.6 Å². The van der Waals surface area contributed by atoms with E-state index in [2.05, 4.69) is 10.0 Å². The number of rotatable bonds is 4. The summed E-state index contributed by atoms with van der Waals surface area (Å²) in [5.41, 5.74) is 1.98. The molecule has 0 fully saturated rings. The van der Waals surface area contributed by atoms with Gasteiger partial charge in [0.25, 0.3) is 15.9 Å². The standard InChI is InChI=1S/C19H24N2O3S/c1-13-6-9-15(10-7-13)25(23,24)21-17-11-8-14(2)12-16(17)18(22)20-19(3,4)5/h6-12,21H,1-5H3,(H,20,22). The fourth-order valence-electron chi connectivity index (χ4n) is 2.26. The summed E-state index contributed by atoms with van der Waals surface area (Å²) in [4.78, 5) is 12.7. The first kappa shape index (κ1) is 19.0. The summed E-state index contributed by atoms with van der Waals surface area (Å²) >= 11 is 0. The summed E-state index contributed by atoms with van der Waals surface area (Å²) < 4.78 is 27.8. The Morgan fingerprint density at radius 2 is 1.48 bits per heavy atom. The predicted molar refractivity (Wildman–Crippen MR) is 100 cm³/mol. The quantitative estimate of drug-likeness (QED) is 0.874. The van der Waals surface area contributed by atoms with Crippen molar-refractivity contribution in [2.75, 3.05) is 4.72 Å². The Balaban J connectivity index is 2.39. The molecule has 0 heterocycles. The maximum atomic E-state index is 12.6. The lowest BCUT2D eigenvalue weighted by Crippen LogP contribution is -2.41. The minimum Gasteiger partial charge on any atom is -0.347 e. The molecule has 0 bridgehead atoms. The van der Waals surface area contributed by atoms with Crippen LogP contribution in [0.15, 0.2) is 47.4 Å². The van der Waals surface area contributed by atoms with Gasteiger partial charge in [-0.3, -0.25) is 9.52 Å². The van der Waals surface area contributed by atoms with E-state index in [-0.39, 0.29) is 16.5 Å². The van der Waals surface area contributed by atoms with Crippen molar-refractivity contribution in [2.24, 2.45) is 0 Å². The van der Waals surface area contributed by atoms with Crippen LogP contribution in [0.2, 0.25) is 0 Å². The highest BCUT2D eigenvalue weighted by Crippen LogP contribution is 2.22. The van der Waals surface area contributed by atoms with Gasteiger partial charge in [-0.05, 0) is 58.9 Å². The lowest BCUT2D eigenvalue weighted by molar-refractivity contribution is 0.0920. The Kier molecular flexibility index (Phi) is 5.23. The normalized spacial score (nSPS) is 11.9. The molecular weight excluding hydrogens is 336 g/mol. The van der Waals surface area contributed by atoms with Gasteiger partial charge in [-0.1, -0.05) is 29.3 Å². The third-order valence-electron chi connectivity index (χ3n) is 3.48. The molecule has 6 heteroatoms. The zero-order valence-electron chi connectivity index (χ0n) is 15.2. The first-order chi connectivity index (χ1) is 11.5. The molecule has 5 nitrogen and oxygen atoms in total. The average Bonchev–Trinajstić information content (AvgIpc) is 2.47. The Labute approximate surface area is 149 Å². The van der Waals surface area contributed by atoms with Crippen LogP contribution in [0.1, 0.15) is 42.3 Å². The Morgan fingerprint density at radius 1 is 0.920 bits per heavy atom. The lowest BCUT2D eigenvalue weighted by atomic mass is 10.1. The van der Waals surface area contributed by atoms with Crippen molar-refractivity contribution in [1.82, 2.24) is 5.32 Å². The third kappa shape index (κ3) is 5.06. The first-order valence-electron chi connectivity index (χ1n) is 8.01. The molecule has 134 valence electrons. The van der Waals surface area contributed by atoms with E-state index in [9.17, 15) is 13.2 Å². The summed E-state index contributed by atoms with van der Waals surface area (Å²) in [6.45, 7) is 9.36. The van der Waals surface area contributed by atoms with Crippen LogP contribution in [0.25, 0.3) is 0 Å². The van der Waals surface area contributed by atoms with Crippen molar-refractivity contribution in [2.45, 2.75) is 45.1 Å². The number of amides is 1. The molecule has 0 aliphatic rings. The van der Waals surface area contributed by atoms with Crippen LogP contribution < -0.4 is 10.0 Å². The molecule has 0 spiro atoms. The summed E-state index contributed by atoms with van der Waals surface area (Å²) in [5, 5.41) is 2.86. The van der Waals surface area contributed by atoms with Crippen LogP contribution in [-0.4, -0.2) is 19.9 Å². The molecule has 0 radical (unpaired) electrons. The summed E-state index contributed by atoms with van der Waals surface area (Å²) in [6, 6.07) is 11.6. The van der Waals surface area contributed by atoms with E-state index < -0.39 is 15.6 Å². The molecule has 0 unspecified atom stereocenters. The van der Waals surface area contributed by atoms with Crippen LogP contribution in [0.4, 0.5) is 5.69 Å². The molecule has 0 aliphatic carbocycles. The summed E-state index contributed by atoms with van der Waals surface area (Å²) in [5.74, 6) is -0.321. The summed E-state index contributed by atoms with van der Waals surface area (Å²) in [7, 11) is -3.77. The molecule has 25 heavy (non-hydrogen) atoms. The largest absolute Gasteiger partial charge is 0.347 e. The second-order valence-electron chi connectivity index (χ2n) is 7.17. The van der Waals surface area contributed by atoms with Gasteiger partial charge in [0.2, 0.25) is 0 Å². The van der Waals surface area contributed by atoms with E-state index in [0.29, 0.717) is 5.56 Å². The zero-order valence-corrected chi connectivity index (χ0v) is 16.0. The lowest BCUT2D eigenvalue weighted by Gasteiger charge is -2.22. The predicted octanol–water partition coefficient (Wildman–Crippen LogP) is 3.63. The van der Waals surface area contributed by atoms with Gasteiger partial charge in [-0.25, -0.2) is 8.42 Å². The second-order valence-corrected chi connectivity index (χ2v) is 8.85. The van der Waals surface area contributed by atoms with Crippen molar-refractivity contribution < 1.29 is 13.2 Å². The fraction of sp³-hybridized carbons (Fsp3) is 0.316. The highest BCUT2D eigenvalue weighted by atomic mass is 32.2. The average molecular weight is 360 g/mol. The molecule has 2 aromatic carbocycles. The SMILES string of the molecule is Cc1ccc(S(=O)(=O)Nc2ccc(C)cc2C(=O)NC(C)(C)C)cc1. The molecule has 0 aliphatic heterocycles. The molecular formula is C19H24N2O3S. The van der Waals surface area contributed by atoms with E-state index in [1.807, 2.05) is 34.6 Å². The van der Waals surface area contributed by atoms with Crippen molar-refractivity contribution in [1.29, 1.82) is 0 Å². The van der Waals surface area contributed by atoms with E-state index in [1.54, 1.807) is 42.5 Å². The van der Waals surface area contributed by atoms with Gasteiger partial charge in [0.1, 0.15) is 0 Å². The van der Waals surface area contributed by atoms with E-state index in [1.165, 1.54) is 0 Å². The van der Waals surface area contributed by atoms with E-state index >= 15 is 0 Å². The smallest absolute Gasteiger partial charge is 0.261 e. The van der Waals surface area contributed by atoms with Crippen molar-refractivity contribution in [3.8, 4) is 0 Å². The summed E-state index contributed by atoms with van der Waals surface area (Å²) in [6.07, 6.45) is 0. The first-order valence-corrected chi connectivity index (χ1v) is 9.49. The van der Waals surface area contributed by atoms with Crippen LogP contribution in [-0.2, 0) is 10.0 Å². The Morgan fingerprint density at radius 3 is 2.04 bits per heavy atom. The zero-order chi connectivity index (χ0) is 18.8. The fourth-order valence-corrected chi connectivity index (χ4v) is 3.34. The van der Waals surface area contributed by atoms with Crippen LogP contribution in [0, 0.1) is 13.8 Å². The number of hydrogen-bond donors (Lipinski definition) is 2. The van der Waals surface area contributed by atoms with Crippen LogP contribution >= 0.6 is 0 Å². The number of nitrogens with one attached hydrogen (secondary N) is 2. The number of benzene rings is 2. The minimum absolute atomic E-state index is 0.154. The van der Waals surface area contributed by atoms with Gasteiger partial charge in [-0.2, -0.15) is 0 Å². The Hall–Kier alpha value is -2.34. The number of sulfonamides is 1. The topological polar surface area (TPSA) is 75.3 Å². The molecule has 2 aromatic rings. The number of aryl methyl sites for hydroxylation is 2. The van der Waals surface area contributed by atoms with Crippen LogP contribution in [0.5, 0.6) is 0 Å². The molecule has 0 saturated heterocycles. The van der Waals surface area contributed by atoms with E-state index in [0.717, 1.165) is 11.1 Å². The molecule has 0 aromatic heterocycles. The highest BCUT2D eigenvalue weighted by Gasteiger charge is 2.21. The van der Waals surface area contributed by atoms with E-state index in [4.69, 9.17) is 0 Å². The van der Waals surface area contributed by atoms with Crippen LogP contribution in [0.3, 0.4) is 0 Å². The number of anilines is 1. The minimum atomic E-state index is -3.77. The number of carbonyl (C=O) groups is 1. The molecule has 2 N–H and O–H groups in total. The number of carbonyl (C=O) groups excluding carboxylic acids is 1. The van der Waals surface area contributed by atoms with Gasteiger partial charge in [0, 0.05) is 5.54 Å². The molecule has 2 rings (SSSR count). The Bertz CT molecular complexity index is 880. The molecule has 0 saturated carbocycles. The highest BCUT2D eigenvalue weighted by molar-refractivity contribution is 7.92. The number of hydrogen-bond acceptors (Lipinski definition) is 3. The van der Waals surface area contributed by atoms with Gasteiger partial charge in [-0.15, -0.1) is 0 Å². The second kappa shape index (κ2) is 6.88. The molecule has 0 atom stereocenters. The van der Waals surface area contributed by atoms with Crippen molar-refractivity contribution in [3.05, 3.63) is 59.2 Å². The van der Waals surface area contributed by atoms with Crippen molar-refractivity contribution in [3.63, 3.8) is 0 Å².